The lowest BCUT2D eigenvalue weighted by Gasteiger charge is -2.24. The van der Waals surface area contributed by atoms with Crippen LogP contribution in [0.4, 0.5) is 0 Å². The summed E-state index contributed by atoms with van der Waals surface area (Å²) >= 11 is 0. The number of fused-ring (bicyclic) bond motifs is 1. The zero-order valence-corrected chi connectivity index (χ0v) is 14.9. The molecule has 1 aliphatic heterocycles. The number of nitrogens with zero attached hydrogens (tertiary/aromatic N) is 3. The monoisotopic (exact) mass is 343 g/mol. The maximum Gasteiger partial charge on any atom is 0.261 e. The average molecular weight is 343 g/mol. The number of rotatable bonds is 6. The van der Waals surface area contributed by atoms with Crippen LogP contribution in [-0.4, -0.2) is 46.7 Å². The maximum atomic E-state index is 12.6. The lowest BCUT2D eigenvalue weighted by atomic mass is 10.1. The van der Waals surface area contributed by atoms with Gasteiger partial charge in [0.15, 0.2) is 0 Å². The number of hydrogen-bond acceptors (Lipinski definition) is 4. The highest BCUT2D eigenvalue weighted by atomic mass is 16.5. The van der Waals surface area contributed by atoms with Gasteiger partial charge in [0.1, 0.15) is 0 Å². The van der Waals surface area contributed by atoms with Gasteiger partial charge in [0.25, 0.3) is 5.56 Å². The van der Waals surface area contributed by atoms with Crippen molar-refractivity contribution in [3.63, 3.8) is 0 Å². The summed E-state index contributed by atoms with van der Waals surface area (Å²) in [5, 5.41) is 0.602. The molecule has 1 aromatic carbocycles. The minimum Gasteiger partial charge on any atom is -0.381 e. The Balaban J connectivity index is 1.68. The Hall–Kier alpha value is -2.21. The molecule has 6 nitrogen and oxygen atoms in total. The van der Waals surface area contributed by atoms with E-state index in [2.05, 4.69) is 4.98 Å². The van der Waals surface area contributed by atoms with E-state index in [4.69, 9.17) is 4.74 Å². The highest BCUT2D eigenvalue weighted by Crippen LogP contribution is 2.15. The zero-order valence-electron chi connectivity index (χ0n) is 14.9. The molecular weight excluding hydrogens is 318 g/mol. The van der Waals surface area contributed by atoms with E-state index in [-0.39, 0.29) is 11.5 Å². The van der Waals surface area contributed by atoms with E-state index in [0.29, 0.717) is 30.8 Å². The van der Waals surface area contributed by atoms with Crippen molar-refractivity contribution < 1.29 is 9.53 Å². The van der Waals surface area contributed by atoms with E-state index in [1.165, 1.54) is 4.57 Å². The average Bonchev–Trinajstić information content (AvgIpc) is 3.12. The number of amides is 1. The van der Waals surface area contributed by atoms with Crippen LogP contribution in [0.15, 0.2) is 29.3 Å². The Morgan fingerprint density at radius 2 is 2.28 bits per heavy atom. The molecule has 1 aliphatic rings. The second-order valence-corrected chi connectivity index (χ2v) is 6.63. The van der Waals surface area contributed by atoms with Crippen LogP contribution in [0.1, 0.15) is 25.3 Å². The summed E-state index contributed by atoms with van der Waals surface area (Å²) in [5.74, 6) is 0.502. The molecule has 0 saturated carbocycles. The molecule has 1 amide bonds. The normalized spacial score (nSPS) is 17.1. The summed E-state index contributed by atoms with van der Waals surface area (Å²) in [6.45, 7) is 7.21. The van der Waals surface area contributed by atoms with Crippen LogP contribution in [0.2, 0.25) is 0 Å². The predicted octanol–water partition coefficient (Wildman–Crippen LogP) is 1.98. The zero-order chi connectivity index (χ0) is 17.8. The van der Waals surface area contributed by atoms with Crippen molar-refractivity contribution in [3.05, 3.63) is 40.4 Å². The molecule has 1 saturated heterocycles. The summed E-state index contributed by atoms with van der Waals surface area (Å²) in [6, 6.07) is 5.58. The van der Waals surface area contributed by atoms with Crippen LogP contribution in [0.3, 0.4) is 0 Å². The number of hydrogen-bond donors (Lipinski definition) is 0. The fraction of sp³-hybridized carbons (Fsp3) is 0.526. The molecule has 3 rings (SSSR count). The summed E-state index contributed by atoms with van der Waals surface area (Å²) in [6.07, 6.45) is 2.86. The molecule has 2 aromatic rings. The Labute approximate surface area is 147 Å². The van der Waals surface area contributed by atoms with Gasteiger partial charge in [-0.2, -0.15) is 0 Å². The SMILES string of the molecule is CCN(C[C@@H]1CCOC1)C(=O)CCn1cnc2c(C)cccc2c1=O. The fourth-order valence-corrected chi connectivity index (χ4v) is 3.32. The fourth-order valence-electron chi connectivity index (χ4n) is 3.32. The molecule has 25 heavy (non-hydrogen) atoms. The summed E-state index contributed by atoms with van der Waals surface area (Å²) in [5.41, 5.74) is 1.62. The number of ether oxygens (including phenoxy) is 1. The van der Waals surface area contributed by atoms with Gasteiger partial charge in [-0.3, -0.25) is 14.2 Å². The Bertz CT molecular complexity index is 809. The molecule has 0 aliphatic carbocycles. The lowest BCUT2D eigenvalue weighted by Crippen LogP contribution is -2.36. The third kappa shape index (κ3) is 3.90. The number of benzene rings is 1. The number of aryl methyl sites for hydroxylation is 2. The molecule has 134 valence electrons. The van der Waals surface area contributed by atoms with Crippen molar-refractivity contribution in [1.29, 1.82) is 0 Å². The van der Waals surface area contributed by atoms with Gasteiger partial charge in [0, 0.05) is 38.6 Å². The van der Waals surface area contributed by atoms with Crippen molar-refractivity contribution >= 4 is 16.8 Å². The first-order valence-electron chi connectivity index (χ1n) is 8.90. The van der Waals surface area contributed by atoms with Gasteiger partial charge in [0.05, 0.1) is 23.8 Å². The summed E-state index contributed by atoms with van der Waals surface area (Å²) in [4.78, 5) is 31.4. The first kappa shape index (κ1) is 17.6. The second kappa shape index (κ2) is 7.78. The topological polar surface area (TPSA) is 64.4 Å². The molecule has 6 heteroatoms. The third-order valence-corrected chi connectivity index (χ3v) is 4.86. The molecule has 0 radical (unpaired) electrons. The lowest BCUT2D eigenvalue weighted by molar-refractivity contribution is -0.131. The van der Waals surface area contributed by atoms with E-state index in [1.54, 1.807) is 12.4 Å². The van der Waals surface area contributed by atoms with Gasteiger partial charge in [-0.15, -0.1) is 0 Å². The Morgan fingerprint density at radius 3 is 3.00 bits per heavy atom. The third-order valence-electron chi connectivity index (χ3n) is 4.86. The molecule has 0 spiro atoms. The van der Waals surface area contributed by atoms with Crippen LogP contribution >= 0.6 is 0 Å². The molecule has 2 heterocycles. The first-order valence-corrected chi connectivity index (χ1v) is 8.90. The van der Waals surface area contributed by atoms with Crippen LogP contribution in [0.25, 0.3) is 10.9 Å². The van der Waals surface area contributed by atoms with E-state index in [0.717, 1.165) is 37.3 Å². The van der Waals surface area contributed by atoms with E-state index >= 15 is 0 Å². The molecule has 1 fully saturated rings. The summed E-state index contributed by atoms with van der Waals surface area (Å²) in [7, 11) is 0. The van der Waals surface area contributed by atoms with E-state index in [1.807, 2.05) is 30.9 Å². The highest BCUT2D eigenvalue weighted by molar-refractivity contribution is 5.80. The minimum atomic E-state index is -0.0891. The van der Waals surface area contributed by atoms with Crippen LogP contribution in [0.5, 0.6) is 0 Å². The molecule has 0 bridgehead atoms. The molecule has 0 unspecified atom stereocenters. The molecule has 1 atom stereocenters. The van der Waals surface area contributed by atoms with Crippen LogP contribution in [-0.2, 0) is 16.1 Å². The van der Waals surface area contributed by atoms with Crippen molar-refractivity contribution in [2.45, 2.75) is 33.2 Å². The van der Waals surface area contributed by atoms with E-state index < -0.39 is 0 Å². The number of aromatic nitrogens is 2. The van der Waals surface area contributed by atoms with Gasteiger partial charge >= 0.3 is 0 Å². The van der Waals surface area contributed by atoms with Gasteiger partial charge in [-0.1, -0.05) is 12.1 Å². The summed E-state index contributed by atoms with van der Waals surface area (Å²) < 4.78 is 6.92. The van der Waals surface area contributed by atoms with Gasteiger partial charge in [-0.25, -0.2) is 4.98 Å². The maximum absolute atomic E-state index is 12.6. The number of para-hydroxylation sites is 1. The molecular formula is C19H25N3O3. The minimum absolute atomic E-state index is 0.0747. The van der Waals surface area contributed by atoms with E-state index in [9.17, 15) is 9.59 Å². The quantitative estimate of drug-likeness (QED) is 0.804. The smallest absolute Gasteiger partial charge is 0.261 e. The van der Waals surface area contributed by atoms with Gasteiger partial charge in [-0.05, 0) is 31.9 Å². The first-order chi connectivity index (χ1) is 12.1. The predicted molar refractivity (Wildman–Crippen MR) is 96.5 cm³/mol. The van der Waals surface area contributed by atoms with Crippen molar-refractivity contribution in [1.82, 2.24) is 14.5 Å². The van der Waals surface area contributed by atoms with Crippen molar-refractivity contribution in [2.24, 2.45) is 5.92 Å². The largest absolute Gasteiger partial charge is 0.381 e. The van der Waals surface area contributed by atoms with Crippen LogP contribution < -0.4 is 5.56 Å². The highest BCUT2D eigenvalue weighted by Gasteiger charge is 2.21. The Kier molecular flexibility index (Phi) is 5.48. The van der Waals surface area contributed by atoms with Crippen LogP contribution in [0, 0.1) is 12.8 Å². The number of carbonyl (C=O) groups is 1. The van der Waals surface area contributed by atoms with Gasteiger partial charge in [0.2, 0.25) is 5.91 Å². The van der Waals surface area contributed by atoms with Crippen molar-refractivity contribution in [2.75, 3.05) is 26.3 Å². The van der Waals surface area contributed by atoms with Crippen molar-refractivity contribution in [3.8, 4) is 0 Å². The Morgan fingerprint density at radius 1 is 1.44 bits per heavy atom. The standard InChI is InChI=1S/C19H25N3O3/c1-3-21(11-15-8-10-25-12-15)17(23)7-9-22-13-20-18-14(2)5-4-6-16(18)19(22)24/h4-6,13,15H,3,7-12H2,1-2H3/t15-/m0/s1. The van der Waals surface area contributed by atoms with Gasteiger partial charge < -0.3 is 9.64 Å². The molecule has 0 N–H and O–H groups in total. The number of carbonyl (C=O) groups excluding carboxylic acids is 1. The molecule has 1 aromatic heterocycles. The second-order valence-electron chi connectivity index (χ2n) is 6.63.